The molecule has 0 aromatic heterocycles. The molecule has 0 aliphatic heterocycles. The van der Waals surface area contributed by atoms with Crippen LogP contribution in [-0.2, 0) is 4.79 Å². The number of allylic oxidation sites excluding steroid dienone is 1. The Labute approximate surface area is 166 Å². The highest BCUT2D eigenvalue weighted by molar-refractivity contribution is 6.31. The first-order valence-corrected chi connectivity index (χ1v) is 9.62. The molecule has 0 aliphatic carbocycles. The molecule has 2 rings (SSSR count). The first kappa shape index (κ1) is 20.5. The predicted molar refractivity (Wildman–Crippen MR) is 113 cm³/mol. The summed E-state index contributed by atoms with van der Waals surface area (Å²) >= 11 is 12.4. The monoisotopic (exact) mass is 389 g/mol. The molecule has 4 heteroatoms. The lowest BCUT2D eigenvalue weighted by atomic mass is 9.91. The molecule has 138 valence electrons. The number of unbranched alkanes of at least 4 members (excludes halogenated alkanes) is 1. The van der Waals surface area contributed by atoms with E-state index in [-0.39, 0.29) is 5.91 Å². The van der Waals surface area contributed by atoms with Crippen LogP contribution in [0, 0.1) is 6.92 Å². The SMILES string of the molecule is CCCCNC(=O)/C(C)=C(\C)c1cc(Cl)cc(-c2ccc(Cl)cc2)c1C. The van der Waals surface area contributed by atoms with Crippen molar-refractivity contribution in [3.63, 3.8) is 0 Å². The molecule has 2 aromatic rings. The van der Waals surface area contributed by atoms with Crippen LogP contribution < -0.4 is 5.32 Å². The van der Waals surface area contributed by atoms with Gasteiger partial charge in [0, 0.05) is 22.2 Å². The van der Waals surface area contributed by atoms with Gasteiger partial charge in [-0.25, -0.2) is 0 Å². The number of rotatable bonds is 6. The van der Waals surface area contributed by atoms with Crippen molar-refractivity contribution < 1.29 is 4.79 Å². The molecule has 1 N–H and O–H groups in total. The number of carbonyl (C=O) groups is 1. The van der Waals surface area contributed by atoms with E-state index in [0.29, 0.717) is 22.2 Å². The van der Waals surface area contributed by atoms with E-state index in [1.54, 1.807) is 0 Å². The van der Waals surface area contributed by atoms with E-state index >= 15 is 0 Å². The molecule has 0 atom stereocenters. The van der Waals surface area contributed by atoms with Gasteiger partial charge in [0.25, 0.3) is 0 Å². The van der Waals surface area contributed by atoms with Gasteiger partial charge in [-0.15, -0.1) is 0 Å². The van der Waals surface area contributed by atoms with E-state index in [9.17, 15) is 4.79 Å². The molecule has 2 aromatic carbocycles. The Morgan fingerprint density at radius 1 is 1.04 bits per heavy atom. The average molecular weight is 390 g/mol. The number of benzene rings is 2. The summed E-state index contributed by atoms with van der Waals surface area (Å²) in [5, 5.41) is 4.32. The summed E-state index contributed by atoms with van der Waals surface area (Å²) in [7, 11) is 0. The first-order valence-electron chi connectivity index (χ1n) is 8.87. The van der Waals surface area contributed by atoms with Crippen LogP contribution in [0.5, 0.6) is 0 Å². The number of carbonyl (C=O) groups excluding carboxylic acids is 1. The van der Waals surface area contributed by atoms with Crippen LogP contribution in [0.2, 0.25) is 10.0 Å². The largest absolute Gasteiger partial charge is 0.352 e. The van der Waals surface area contributed by atoms with Crippen LogP contribution in [0.4, 0.5) is 0 Å². The van der Waals surface area contributed by atoms with Crippen molar-refractivity contribution in [3.05, 3.63) is 63.1 Å². The second-order valence-electron chi connectivity index (χ2n) is 6.49. The van der Waals surface area contributed by atoms with Crippen molar-refractivity contribution in [1.29, 1.82) is 0 Å². The zero-order valence-corrected chi connectivity index (χ0v) is 17.3. The molecular weight excluding hydrogens is 365 g/mol. The standard InChI is InChI=1S/C22H25Cl2NO/c1-5-6-11-25-22(26)15(3)14(2)20-12-19(24)13-21(16(20)4)17-7-9-18(23)10-8-17/h7-10,12-13H,5-6,11H2,1-4H3,(H,25,26)/b15-14+. The Morgan fingerprint density at radius 2 is 1.69 bits per heavy atom. The lowest BCUT2D eigenvalue weighted by molar-refractivity contribution is -0.117. The van der Waals surface area contributed by atoms with Gasteiger partial charge in [0.2, 0.25) is 5.91 Å². The minimum atomic E-state index is -0.0247. The molecule has 0 heterocycles. The van der Waals surface area contributed by atoms with Gasteiger partial charge in [0.1, 0.15) is 0 Å². The maximum absolute atomic E-state index is 12.4. The second-order valence-corrected chi connectivity index (χ2v) is 7.37. The molecule has 0 radical (unpaired) electrons. The number of hydrogen-bond acceptors (Lipinski definition) is 1. The molecule has 0 spiro atoms. The first-order chi connectivity index (χ1) is 12.3. The van der Waals surface area contributed by atoms with Crippen LogP contribution in [0.1, 0.15) is 44.7 Å². The van der Waals surface area contributed by atoms with Crippen LogP contribution in [-0.4, -0.2) is 12.5 Å². The molecule has 0 fully saturated rings. The van der Waals surface area contributed by atoms with Gasteiger partial charge < -0.3 is 5.32 Å². The highest BCUT2D eigenvalue weighted by Crippen LogP contribution is 2.34. The summed E-state index contributed by atoms with van der Waals surface area (Å²) in [5.41, 5.74) is 5.83. The van der Waals surface area contributed by atoms with Crippen LogP contribution in [0.25, 0.3) is 16.7 Å². The van der Waals surface area contributed by atoms with Gasteiger partial charge in [0.15, 0.2) is 0 Å². The fourth-order valence-corrected chi connectivity index (χ4v) is 3.23. The van der Waals surface area contributed by atoms with Gasteiger partial charge in [0.05, 0.1) is 0 Å². The zero-order chi connectivity index (χ0) is 19.3. The highest BCUT2D eigenvalue weighted by Gasteiger charge is 2.14. The number of halogens is 2. The lowest BCUT2D eigenvalue weighted by Crippen LogP contribution is -2.25. The molecule has 2 nitrogen and oxygen atoms in total. The van der Waals surface area contributed by atoms with Crippen molar-refractivity contribution in [3.8, 4) is 11.1 Å². The topological polar surface area (TPSA) is 29.1 Å². The van der Waals surface area contributed by atoms with Gasteiger partial charge >= 0.3 is 0 Å². The molecule has 0 aliphatic rings. The van der Waals surface area contributed by atoms with Gasteiger partial charge in [-0.3, -0.25) is 4.79 Å². The summed E-state index contributed by atoms with van der Waals surface area (Å²) in [5.74, 6) is -0.0247. The average Bonchev–Trinajstić information content (AvgIpc) is 2.63. The maximum Gasteiger partial charge on any atom is 0.247 e. The van der Waals surface area contributed by atoms with Crippen LogP contribution in [0.15, 0.2) is 42.0 Å². The quantitative estimate of drug-likeness (QED) is 0.433. The third-order valence-corrected chi connectivity index (χ3v) is 5.12. The van der Waals surface area contributed by atoms with Crippen molar-refractivity contribution in [2.75, 3.05) is 6.54 Å². The lowest BCUT2D eigenvalue weighted by Gasteiger charge is -2.16. The fourth-order valence-electron chi connectivity index (χ4n) is 2.88. The number of nitrogens with one attached hydrogen (secondary N) is 1. The molecule has 0 saturated heterocycles. The second kappa shape index (κ2) is 9.25. The third kappa shape index (κ3) is 4.90. The fraction of sp³-hybridized carbons (Fsp3) is 0.318. The van der Waals surface area contributed by atoms with Crippen molar-refractivity contribution in [1.82, 2.24) is 5.32 Å². The van der Waals surface area contributed by atoms with Crippen molar-refractivity contribution >= 4 is 34.7 Å². The molecule has 0 unspecified atom stereocenters. The smallest absolute Gasteiger partial charge is 0.247 e. The Kier molecular flexibility index (Phi) is 7.31. The summed E-state index contributed by atoms with van der Waals surface area (Å²) in [4.78, 5) is 12.4. The van der Waals surface area contributed by atoms with Crippen LogP contribution in [0.3, 0.4) is 0 Å². The minimum absolute atomic E-state index is 0.0247. The maximum atomic E-state index is 12.4. The summed E-state index contributed by atoms with van der Waals surface area (Å²) in [6, 6.07) is 11.6. The van der Waals surface area contributed by atoms with Gasteiger partial charge in [-0.05, 0) is 79.3 Å². The number of amides is 1. The highest BCUT2D eigenvalue weighted by atomic mass is 35.5. The third-order valence-electron chi connectivity index (χ3n) is 4.65. The summed E-state index contributed by atoms with van der Waals surface area (Å²) < 4.78 is 0. The molecular formula is C22H25Cl2NO. The molecule has 26 heavy (non-hydrogen) atoms. The van der Waals surface area contributed by atoms with E-state index in [2.05, 4.69) is 19.2 Å². The van der Waals surface area contributed by atoms with E-state index in [0.717, 1.165) is 40.7 Å². The van der Waals surface area contributed by atoms with E-state index in [4.69, 9.17) is 23.2 Å². The predicted octanol–water partition coefficient (Wildman–Crippen LogP) is 6.68. The van der Waals surface area contributed by atoms with E-state index < -0.39 is 0 Å². The normalized spacial score (nSPS) is 11.9. The summed E-state index contributed by atoms with van der Waals surface area (Å²) in [6.07, 6.45) is 2.04. The Bertz CT molecular complexity index is 823. The van der Waals surface area contributed by atoms with Gasteiger partial charge in [-0.2, -0.15) is 0 Å². The van der Waals surface area contributed by atoms with Crippen molar-refractivity contribution in [2.45, 2.75) is 40.5 Å². The van der Waals surface area contributed by atoms with Gasteiger partial charge in [-0.1, -0.05) is 48.7 Å². The molecule has 0 saturated carbocycles. The van der Waals surface area contributed by atoms with Crippen LogP contribution >= 0.6 is 23.2 Å². The Hall–Kier alpha value is -1.77. The Morgan fingerprint density at radius 3 is 2.31 bits per heavy atom. The summed E-state index contributed by atoms with van der Waals surface area (Å²) in [6.45, 7) is 8.69. The Balaban J connectivity index is 2.44. The minimum Gasteiger partial charge on any atom is -0.352 e. The van der Waals surface area contributed by atoms with Crippen molar-refractivity contribution in [2.24, 2.45) is 0 Å². The zero-order valence-electron chi connectivity index (χ0n) is 15.7. The van der Waals surface area contributed by atoms with E-state index in [1.807, 2.05) is 50.2 Å². The van der Waals surface area contributed by atoms with E-state index in [1.165, 1.54) is 0 Å². The molecule has 1 amide bonds. The number of hydrogen-bond donors (Lipinski definition) is 1. The molecule has 0 bridgehead atoms.